The molecule has 0 fully saturated rings. The largest absolute Gasteiger partial charge is 0.459 e. The van der Waals surface area contributed by atoms with Gasteiger partial charge in [0.15, 0.2) is 11.0 Å². The summed E-state index contributed by atoms with van der Waals surface area (Å²) < 4.78 is 7.22. The van der Waals surface area contributed by atoms with E-state index in [1.165, 1.54) is 11.8 Å². The lowest BCUT2D eigenvalue weighted by atomic mass is 10.2. The van der Waals surface area contributed by atoms with Gasteiger partial charge in [0.05, 0.1) is 5.75 Å². The highest BCUT2D eigenvalue weighted by Gasteiger charge is 2.19. The van der Waals surface area contributed by atoms with Crippen molar-refractivity contribution in [1.82, 2.24) is 14.8 Å². The molecule has 0 N–H and O–H groups in total. The van der Waals surface area contributed by atoms with E-state index in [2.05, 4.69) is 16.8 Å². The molecule has 1 aromatic heterocycles. The molecule has 0 amide bonds. The number of rotatable bonds is 6. The second-order valence-corrected chi connectivity index (χ2v) is 7.47. The second kappa shape index (κ2) is 7.85. The topological polar surface area (TPSA) is 57.0 Å². The predicted molar refractivity (Wildman–Crippen MR) is 97.2 cm³/mol. The number of thioether (sulfide) groups is 1. The van der Waals surface area contributed by atoms with Crippen molar-refractivity contribution in [1.29, 1.82) is 0 Å². The SMILES string of the molecule is C=CCn1c(SCC(=O)OC(C)(C)C)nnc1-c1ccc(Cl)cc1. The highest BCUT2D eigenvalue weighted by atomic mass is 35.5. The average molecular weight is 366 g/mol. The molecule has 0 aliphatic carbocycles. The zero-order valence-electron chi connectivity index (χ0n) is 14.0. The molecular weight excluding hydrogens is 346 g/mol. The van der Waals surface area contributed by atoms with Crippen molar-refractivity contribution in [3.05, 3.63) is 41.9 Å². The first-order valence-electron chi connectivity index (χ1n) is 7.45. The van der Waals surface area contributed by atoms with Crippen LogP contribution < -0.4 is 0 Å². The highest BCUT2D eigenvalue weighted by Crippen LogP contribution is 2.25. The van der Waals surface area contributed by atoms with E-state index in [0.717, 1.165) is 5.56 Å². The third-order valence-corrected chi connectivity index (χ3v) is 4.06. The van der Waals surface area contributed by atoms with E-state index in [-0.39, 0.29) is 11.7 Å². The Morgan fingerprint density at radius 3 is 2.58 bits per heavy atom. The van der Waals surface area contributed by atoms with Crippen LogP contribution in [0.3, 0.4) is 0 Å². The van der Waals surface area contributed by atoms with Crippen molar-refractivity contribution in [3.8, 4) is 11.4 Å². The van der Waals surface area contributed by atoms with Crippen LogP contribution in [-0.2, 0) is 16.1 Å². The van der Waals surface area contributed by atoms with Crippen LogP contribution in [0.4, 0.5) is 0 Å². The van der Waals surface area contributed by atoms with Gasteiger partial charge in [0.1, 0.15) is 5.60 Å². The summed E-state index contributed by atoms with van der Waals surface area (Å²) in [6.07, 6.45) is 1.76. The van der Waals surface area contributed by atoms with Gasteiger partial charge in [-0.25, -0.2) is 0 Å². The van der Waals surface area contributed by atoms with Crippen LogP contribution in [-0.4, -0.2) is 32.1 Å². The van der Waals surface area contributed by atoms with Crippen molar-refractivity contribution in [2.24, 2.45) is 0 Å². The molecule has 0 unspecified atom stereocenters. The Hall–Kier alpha value is -1.79. The Morgan fingerprint density at radius 2 is 2.00 bits per heavy atom. The molecule has 0 spiro atoms. The zero-order valence-corrected chi connectivity index (χ0v) is 15.5. The summed E-state index contributed by atoms with van der Waals surface area (Å²) in [4.78, 5) is 11.9. The summed E-state index contributed by atoms with van der Waals surface area (Å²) in [7, 11) is 0. The van der Waals surface area contributed by atoms with Crippen LogP contribution in [0.5, 0.6) is 0 Å². The molecule has 0 aliphatic rings. The van der Waals surface area contributed by atoms with Crippen LogP contribution in [0.1, 0.15) is 20.8 Å². The molecule has 0 atom stereocenters. The molecule has 0 aliphatic heterocycles. The number of halogens is 1. The number of esters is 1. The summed E-state index contributed by atoms with van der Waals surface area (Å²) in [5.74, 6) is 0.597. The van der Waals surface area contributed by atoms with Gasteiger partial charge in [0.2, 0.25) is 0 Å². The van der Waals surface area contributed by atoms with E-state index >= 15 is 0 Å². The maximum Gasteiger partial charge on any atom is 0.316 e. The summed E-state index contributed by atoms with van der Waals surface area (Å²) in [5, 5.41) is 9.73. The third kappa shape index (κ3) is 5.11. The highest BCUT2D eigenvalue weighted by molar-refractivity contribution is 7.99. The number of ether oxygens (including phenoxy) is 1. The molecule has 2 aromatic rings. The van der Waals surface area contributed by atoms with Crippen molar-refractivity contribution in [3.63, 3.8) is 0 Å². The van der Waals surface area contributed by atoms with Crippen molar-refractivity contribution in [2.75, 3.05) is 5.75 Å². The molecule has 0 bridgehead atoms. The van der Waals surface area contributed by atoms with E-state index in [9.17, 15) is 4.79 Å². The van der Waals surface area contributed by atoms with Crippen molar-refractivity contribution < 1.29 is 9.53 Å². The lowest BCUT2D eigenvalue weighted by Crippen LogP contribution is -2.25. The summed E-state index contributed by atoms with van der Waals surface area (Å²) in [5.41, 5.74) is 0.402. The number of nitrogens with zero attached hydrogens (tertiary/aromatic N) is 3. The normalized spacial score (nSPS) is 11.3. The van der Waals surface area contributed by atoms with E-state index in [0.29, 0.717) is 22.5 Å². The van der Waals surface area contributed by atoms with E-state index in [1.54, 1.807) is 18.2 Å². The first kappa shape index (κ1) is 18.5. The van der Waals surface area contributed by atoms with E-state index < -0.39 is 5.60 Å². The Morgan fingerprint density at radius 1 is 1.33 bits per heavy atom. The van der Waals surface area contributed by atoms with Gasteiger partial charge in [0.25, 0.3) is 0 Å². The molecule has 2 rings (SSSR count). The molecule has 1 heterocycles. The van der Waals surface area contributed by atoms with Gasteiger partial charge in [-0.15, -0.1) is 16.8 Å². The van der Waals surface area contributed by atoms with Gasteiger partial charge >= 0.3 is 5.97 Å². The maximum absolute atomic E-state index is 11.9. The maximum atomic E-state index is 11.9. The number of benzene rings is 1. The van der Waals surface area contributed by atoms with Crippen LogP contribution in [0.15, 0.2) is 42.1 Å². The number of hydrogen-bond acceptors (Lipinski definition) is 5. The fourth-order valence-corrected chi connectivity index (χ4v) is 2.84. The first-order valence-corrected chi connectivity index (χ1v) is 8.81. The van der Waals surface area contributed by atoms with Crippen LogP contribution in [0.2, 0.25) is 5.02 Å². The molecule has 1 aromatic carbocycles. The Balaban J connectivity index is 2.17. The van der Waals surface area contributed by atoms with Gasteiger partial charge < -0.3 is 4.74 Å². The van der Waals surface area contributed by atoms with E-state index in [4.69, 9.17) is 16.3 Å². The summed E-state index contributed by atoms with van der Waals surface area (Å²) in [6, 6.07) is 7.37. The minimum atomic E-state index is -0.499. The smallest absolute Gasteiger partial charge is 0.316 e. The number of carbonyl (C=O) groups excluding carboxylic acids is 1. The lowest BCUT2D eigenvalue weighted by Gasteiger charge is -2.19. The molecular formula is C17H20ClN3O2S. The quantitative estimate of drug-likeness (QED) is 0.436. The predicted octanol–water partition coefficient (Wildman–Crippen LogP) is 4.22. The van der Waals surface area contributed by atoms with Crippen LogP contribution in [0.25, 0.3) is 11.4 Å². The van der Waals surface area contributed by atoms with Crippen LogP contribution >= 0.6 is 23.4 Å². The lowest BCUT2D eigenvalue weighted by molar-refractivity contribution is -0.151. The average Bonchev–Trinajstić information content (AvgIpc) is 2.88. The summed E-state index contributed by atoms with van der Waals surface area (Å²) in [6.45, 7) is 9.84. The third-order valence-electron chi connectivity index (χ3n) is 2.87. The van der Waals surface area contributed by atoms with Crippen LogP contribution in [0, 0.1) is 0 Å². The van der Waals surface area contributed by atoms with Gasteiger partial charge in [-0.2, -0.15) is 0 Å². The standard InChI is InChI=1S/C17H20ClN3O2S/c1-5-10-21-15(12-6-8-13(18)9-7-12)19-20-16(21)24-11-14(22)23-17(2,3)4/h5-9H,1,10-11H2,2-4H3. The molecule has 7 heteroatoms. The van der Waals surface area contributed by atoms with Gasteiger partial charge in [-0.1, -0.05) is 29.4 Å². The van der Waals surface area contributed by atoms with Gasteiger partial charge in [0, 0.05) is 17.1 Å². The number of aromatic nitrogens is 3. The van der Waals surface area contributed by atoms with Gasteiger partial charge in [-0.05, 0) is 45.0 Å². The fraction of sp³-hybridized carbons (Fsp3) is 0.353. The number of allylic oxidation sites excluding steroid dienone is 1. The van der Waals surface area contributed by atoms with E-state index in [1.807, 2.05) is 37.5 Å². The first-order chi connectivity index (χ1) is 11.3. The van der Waals surface area contributed by atoms with Gasteiger partial charge in [-0.3, -0.25) is 9.36 Å². The molecule has 0 radical (unpaired) electrons. The minimum absolute atomic E-state index is 0.174. The molecule has 5 nitrogen and oxygen atoms in total. The summed E-state index contributed by atoms with van der Waals surface area (Å²) >= 11 is 7.22. The molecule has 0 saturated heterocycles. The fourth-order valence-electron chi connectivity index (χ4n) is 2.00. The second-order valence-electron chi connectivity index (χ2n) is 6.09. The van der Waals surface area contributed by atoms with Crippen molar-refractivity contribution in [2.45, 2.75) is 38.1 Å². The Kier molecular flexibility index (Phi) is 6.07. The molecule has 128 valence electrons. The minimum Gasteiger partial charge on any atom is -0.459 e. The Labute approximate surface area is 151 Å². The molecule has 24 heavy (non-hydrogen) atoms. The Bertz CT molecular complexity index is 720. The van der Waals surface area contributed by atoms with Crippen molar-refractivity contribution >= 4 is 29.3 Å². The monoisotopic (exact) mass is 365 g/mol. The number of hydrogen-bond donors (Lipinski definition) is 0. The zero-order chi connectivity index (χ0) is 17.7. The number of carbonyl (C=O) groups is 1. The molecule has 0 saturated carbocycles.